The van der Waals surface area contributed by atoms with Crippen LogP contribution >= 0.6 is 11.6 Å². The molecule has 9 nitrogen and oxygen atoms in total. The summed E-state index contributed by atoms with van der Waals surface area (Å²) in [7, 11) is 3.10. The van der Waals surface area contributed by atoms with Crippen LogP contribution in [0.3, 0.4) is 0 Å². The molecule has 1 aliphatic rings. The molecule has 1 N–H and O–H groups in total. The van der Waals surface area contributed by atoms with Gasteiger partial charge in [0, 0.05) is 24.2 Å². The maximum atomic E-state index is 14.0. The van der Waals surface area contributed by atoms with Crippen LogP contribution in [0.1, 0.15) is 58.4 Å². The van der Waals surface area contributed by atoms with Crippen LogP contribution in [0, 0.1) is 0 Å². The maximum Gasteiger partial charge on any atom is 0.260 e. The first-order valence-corrected chi connectivity index (χ1v) is 13.6. The molecule has 1 aromatic carbocycles. The minimum atomic E-state index is -0.151. The molecular weight excluding hydrogens is 492 g/mol. The molecule has 1 fully saturated rings. The number of hydrogen-bond donors (Lipinski definition) is 1. The van der Waals surface area contributed by atoms with E-state index in [0.29, 0.717) is 44.8 Å². The van der Waals surface area contributed by atoms with Gasteiger partial charge < -0.3 is 19.7 Å². The van der Waals surface area contributed by atoms with Crippen LogP contribution < -0.4 is 20.3 Å². The standard InChI is InChI=1S/C27H37ClN6O3/c1-5-33(6-2)14-10-9-13-29-27-30-25-22(31-32-27)17-21(26(35)34(25)18-11-7-8-12-18)20-15-19(36-3)16-23(37-4)24(20)28/h15-18H,5-14H2,1-4H3,(H,29,30,32). The summed E-state index contributed by atoms with van der Waals surface area (Å²) in [6, 6.07) is 5.22. The molecule has 0 amide bonds. The Labute approximate surface area is 223 Å². The van der Waals surface area contributed by atoms with Crippen molar-refractivity contribution in [2.24, 2.45) is 0 Å². The molecule has 1 aliphatic carbocycles. The Morgan fingerprint density at radius 2 is 1.81 bits per heavy atom. The fourth-order valence-electron chi connectivity index (χ4n) is 5.03. The van der Waals surface area contributed by atoms with E-state index in [4.69, 9.17) is 26.1 Å². The summed E-state index contributed by atoms with van der Waals surface area (Å²) in [5.74, 6) is 1.43. The van der Waals surface area contributed by atoms with Gasteiger partial charge in [-0.3, -0.25) is 9.36 Å². The van der Waals surface area contributed by atoms with Gasteiger partial charge >= 0.3 is 0 Å². The first kappa shape index (κ1) is 27.1. The molecule has 0 radical (unpaired) electrons. The number of fused-ring (bicyclic) bond motifs is 1. The van der Waals surface area contributed by atoms with Gasteiger partial charge in [0.1, 0.15) is 17.0 Å². The third-order valence-electron chi connectivity index (χ3n) is 7.18. The van der Waals surface area contributed by atoms with Crippen molar-refractivity contribution in [3.05, 3.63) is 33.6 Å². The lowest BCUT2D eigenvalue weighted by atomic mass is 10.0. The molecule has 4 rings (SSSR count). The Morgan fingerprint density at radius 1 is 1.05 bits per heavy atom. The molecule has 0 unspecified atom stereocenters. The summed E-state index contributed by atoms with van der Waals surface area (Å²) in [6.07, 6.45) is 6.09. The normalized spacial score (nSPS) is 14.0. The molecule has 0 bridgehead atoms. The number of anilines is 1. The lowest BCUT2D eigenvalue weighted by Gasteiger charge is -2.19. The minimum Gasteiger partial charge on any atom is -0.497 e. The third kappa shape index (κ3) is 5.99. The van der Waals surface area contributed by atoms with E-state index in [2.05, 4.69) is 34.3 Å². The number of methoxy groups -OCH3 is 2. The summed E-state index contributed by atoms with van der Waals surface area (Å²) in [5.41, 5.74) is 1.91. The monoisotopic (exact) mass is 528 g/mol. The molecule has 0 aliphatic heterocycles. The Balaban J connectivity index is 1.70. The summed E-state index contributed by atoms with van der Waals surface area (Å²) in [5, 5.41) is 12.4. The highest BCUT2D eigenvalue weighted by Gasteiger charge is 2.25. The van der Waals surface area contributed by atoms with E-state index in [1.54, 1.807) is 29.9 Å². The summed E-state index contributed by atoms with van der Waals surface area (Å²) in [4.78, 5) is 21.1. The second-order valence-electron chi connectivity index (χ2n) is 9.37. The van der Waals surface area contributed by atoms with Crippen LogP contribution in [-0.4, -0.2) is 65.0 Å². The lowest BCUT2D eigenvalue weighted by Crippen LogP contribution is -2.27. The largest absolute Gasteiger partial charge is 0.497 e. The minimum absolute atomic E-state index is 0.0554. The predicted molar refractivity (Wildman–Crippen MR) is 148 cm³/mol. The van der Waals surface area contributed by atoms with Gasteiger partial charge in [0.2, 0.25) is 5.95 Å². The van der Waals surface area contributed by atoms with E-state index in [1.807, 2.05) is 0 Å². The van der Waals surface area contributed by atoms with Crippen LogP contribution in [0.4, 0.5) is 5.95 Å². The average Bonchev–Trinajstić information content (AvgIpc) is 3.45. The zero-order chi connectivity index (χ0) is 26.4. The fraction of sp³-hybridized carbons (Fsp3) is 0.556. The number of nitrogens with zero attached hydrogens (tertiary/aromatic N) is 5. The van der Waals surface area contributed by atoms with E-state index >= 15 is 0 Å². The van der Waals surface area contributed by atoms with Crippen LogP contribution in [0.2, 0.25) is 5.02 Å². The average molecular weight is 529 g/mol. The van der Waals surface area contributed by atoms with E-state index in [1.165, 1.54) is 7.11 Å². The second kappa shape index (κ2) is 12.6. The van der Waals surface area contributed by atoms with E-state index in [-0.39, 0.29) is 11.6 Å². The van der Waals surface area contributed by atoms with Gasteiger partial charge in [-0.25, -0.2) is 0 Å². The van der Waals surface area contributed by atoms with Gasteiger partial charge in [-0.2, -0.15) is 4.98 Å². The van der Waals surface area contributed by atoms with Crippen molar-refractivity contribution in [2.75, 3.05) is 45.7 Å². The molecule has 0 atom stereocenters. The molecule has 2 aromatic heterocycles. The van der Waals surface area contributed by atoms with Crippen molar-refractivity contribution in [3.8, 4) is 22.6 Å². The number of rotatable bonds is 12. The zero-order valence-corrected chi connectivity index (χ0v) is 23.0. The Bertz CT molecular complexity index is 1270. The highest BCUT2D eigenvalue weighted by atomic mass is 35.5. The van der Waals surface area contributed by atoms with E-state index in [0.717, 1.165) is 64.7 Å². The van der Waals surface area contributed by atoms with Crippen molar-refractivity contribution in [1.82, 2.24) is 24.6 Å². The van der Waals surface area contributed by atoms with Crippen LogP contribution in [0.25, 0.3) is 22.3 Å². The van der Waals surface area contributed by atoms with Gasteiger partial charge in [0.25, 0.3) is 5.56 Å². The number of halogens is 1. The van der Waals surface area contributed by atoms with Crippen molar-refractivity contribution >= 4 is 28.7 Å². The zero-order valence-electron chi connectivity index (χ0n) is 22.2. The van der Waals surface area contributed by atoms with Crippen LogP contribution in [-0.2, 0) is 0 Å². The van der Waals surface area contributed by atoms with Crippen LogP contribution in [0.5, 0.6) is 11.5 Å². The number of unbranched alkanes of at least 4 members (excludes halogenated alkanes) is 1. The molecule has 2 heterocycles. The Kier molecular flexibility index (Phi) is 9.21. The molecule has 0 spiro atoms. The molecule has 200 valence electrons. The van der Waals surface area contributed by atoms with Gasteiger partial charge in [-0.15, -0.1) is 10.2 Å². The van der Waals surface area contributed by atoms with Crippen molar-refractivity contribution in [3.63, 3.8) is 0 Å². The fourth-order valence-corrected chi connectivity index (χ4v) is 5.31. The smallest absolute Gasteiger partial charge is 0.260 e. The Hall–Kier alpha value is -2.91. The van der Waals surface area contributed by atoms with Crippen molar-refractivity contribution in [2.45, 2.75) is 58.4 Å². The molecule has 3 aromatic rings. The van der Waals surface area contributed by atoms with Gasteiger partial charge in [0.15, 0.2) is 5.65 Å². The molecule has 10 heteroatoms. The number of benzene rings is 1. The number of nitrogens with one attached hydrogen (secondary N) is 1. The molecule has 0 saturated heterocycles. The summed E-state index contributed by atoms with van der Waals surface area (Å²) < 4.78 is 12.7. The highest BCUT2D eigenvalue weighted by Crippen LogP contribution is 2.39. The highest BCUT2D eigenvalue weighted by molar-refractivity contribution is 6.35. The number of hydrogen-bond acceptors (Lipinski definition) is 8. The number of pyridine rings is 1. The Morgan fingerprint density at radius 3 is 2.49 bits per heavy atom. The maximum absolute atomic E-state index is 14.0. The quantitative estimate of drug-likeness (QED) is 0.322. The van der Waals surface area contributed by atoms with Crippen molar-refractivity contribution < 1.29 is 9.47 Å². The topological polar surface area (TPSA) is 94.4 Å². The summed E-state index contributed by atoms with van der Waals surface area (Å²) in [6.45, 7) is 8.33. The van der Waals surface area contributed by atoms with E-state index < -0.39 is 0 Å². The SMILES string of the molecule is CCN(CC)CCCCNc1nnc2cc(-c3cc(OC)cc(OC)c3Cl)c(=O)n(C3CCCC3)c2n1. The number of aromatic nitrogens is 4. The second-order valence-corrected chi connectivity index (χ2v) is 9.75. The third-order valence-corrected chi connectivity index (χ3v) is 7.57. The van der Waals surface area contributed by atoms with Gasteiger partial charge in [-0.1, -0.05) is 38.3 Å². The van der Waals surface area contributed by atoms with Crippen molar-refractivity contribution in [1.29, 1.82) is 0 Å². The summed E-state index contributed by atoms with van der Waals surface area (Å²) >= 11 is 6.66. The first-order chi connectivity index (χ1) is 18.0. The predicted octanol–water partition coefficient (Wildman–Crippen LogP) is 5.17. The first-order valence-electron chi connectivity index (χ1n) is 13.2. The lowest BCUT2D eigenvalue weighted by molar-refractivity contribution is 0.298. The molecule has 37 heavy (non-hydrogen) atoms. The molecule has 1 saturated carbocycles. The molecular formula is C27H37ClN6O3. The van der Waals surface area contributed by atoms with Gasteiger partial charge in [0.05, 0.1) is 24.8 Å². The number of ether oxygens (including phenoxy) is 2. The van der Waals surface area contributed by atoms with E-state index in [9.17, 15) is 4.79 Å². The van der Waals surface area contributed by atoms with Gasteiger partial charge in [-0.05, 0) is 57.5 Å². The van der Waals surface area contributed by atoms with Crippen LogP contribution in [0.15, 0.2) is 23.0 Å².